The van der Waals surface area contributed by atoms with Crippen molar-refractivity contribution in [1.29, 1.82) is 0 Å². The first-order chi connectivity index (χ1) is 12.7. The molecule has 132 valence electrons. The summed E-state index contributed by atoms with van der Waals surface area (Å²) in [5.74, 6) is -0.189. The molecule has 0 unspecified atom stereocenters. The molecule has 3 aromatic heterocycles. The zero-order chi connectivity index (χ0) is 18.2. The molecule has 0 bridgehead atoms. The zero-order valence-electron chi connectivity index (χ0n) is 14.7. The van der Waals surface area contributed by atoms with Gasteiger partial charge in [0.05, 0.1) is 0 Å². The van der Waals surface area contributed by atoms with Crippen LogP contribution < -0.4 is 10.2 Å². The van der Waals surface area contributed by atoms with Crippen molar-refractivity contribution in [2.45, 2.75) is 13.0 Å². The number of rotatable bonds is 7. The average molecular weight is 347 g/mol. The fourth-order valence-electron chi connectivity index (χ4n) is 2.53. The quantitative estimate of drug-likeness (QED) is 0.711. The summed E-state index contributed by atoms with van der Waals surface area (Å²) >= 11 is 0. The van der Waals surface area contributed by atoms with E-state index in [1.165, 1.54) is 5.56 Å². The number of amides is 1. The molecule has 0 atom stereocenters. The van der Waals surface area contributed by atoms with E-state index in [0.29, 0.717) is 12.2 Å². The van der Waals surface area contributed by atoms with Gasteiger partial charge in [-0.05, 0) is 53.9 Å². The van der Waals surface area contributed by atoms with E-state index in [1.54, 1.807) is 31.0 Å². The third-order valence-corrected chi connectivity index (χ3v) is 4.10. The van der Waals surface area contributed by atoms with Crippen molar-refractivity contribution < 1.29 is 4.79 Å². The minimum Gasteiger partial charge on any atom is -0.374 e. The number of carbonyl (C=O) groups excluding carboxylic acids is 1. The van der Waals surface area contributed by atoms with Crippen LogP contribution in [0.3, 0.4) is 0 Å². The standard InChI is InChI=1S/C20H21N5O/c1-25(13-7-16-2-8-21-9-3-16)18-6-12-23-19(14-18)20(26)24-15-17-4-10-22-11-5-17/h2-6,8-12,14H,7,13,15H2,1H3,(H,24,26). The Morgan fingerprint density at radius 1 is 0.962 bits per heavy atom. The van der Waals surface area contributed by atoms with Gasteiger partial charge >= 0.3 is 0 Å². The minimum atomic E-state index is -0.189. The molecule has 0 saturated heterocycles. The highest BCUT2D eigenvalue weighted by Crippen LogP contribution is 2.14. The Labute approximate surface area is 153 Å². The summed E-state index contributed by atoms with van der Waals surface area (Å²) in [6.45, 7) is 1.29. The van der Waals surface area contributed by atoms with Gasteiger partial charge in [0.2, 0.25) is 0 Å². The van der Waals surface area contributed by atoms with Crippen LogP contribution in [0.25, 0.3) is 0 Å². The molecular formula is C20H21N5O. The second-order valence-electron chi connectivity index (χ2n) is 5.96. The molecular weight excluding hydrogens is 326 g/mol. The number of aromatic nitrogens is 3. The lowest BCUT2D eigenvalue weighted by Gasteiger charge is -2.19. The van der Waals surface area contributed by atoms with Crippen molar-refractivity contribution in [2.75, 3.05) is 18.5 Å². The van der Waals surface area contributed by atoms with Gasteiger partial charge < -0.3 is 10.2 Å². The number of pyridine rings is 3. The van der Waals surface area contributed by atoms with Gasteiger partial charge in [-0.15, -0.1) is 0 Å². The highest BCUT2D eigenvalue weighted by molar-refractivity contribution is 5.93. The monoisotopic (exact) mass is 347 g/mol. The van der Waals surface area contributed by atoms with Crippen LogP contribution in [0.5, 0.6) is 0 Å². The fourth-order valence-corrected chi connectivity index (χ4v) is 2.53. The summed E-state index contributed by atoms with van der Waals surface area (Å²) in [5.41, 5.74) is 3.60. The number of nitrogens with zero attached hydrogens (tertiary/aromatic N) is 4. The first kappa shape index (κ1) is 17.5. The van der Waals surface area contributed by atoms with Crippen LogP contribution in [0.4, 0.5) is 5.69 Å². The Kier molecular flexibility index (Phi) is 5.88. The van der Waals surface area contributed by atoms with Crippen LogP contribution in [-0.2, 0) is 13.0 Å². The molecule has 0 aliphatic heterocycles. The number of hydrogen-bond acceptors (Lipinski definition) is 5. The number of carbonyl (C=O) groups is 1. The molecule has 0 aromatic carbocycles. The average Bonchev–Trinajstić information content (AvgIpc) is 2.72. The van der Waals surface area contributed by atoms with Gasteiger partial charge in [-0.3, -0.25) is 19.7 Å². The van der Waals surface area contributed by atoms with Crippen LogP contribution in [0, 0.1) is 0 Å². The third-order valence-electron chi connectivity index (χ3n) is 4.10. The minimum absolute atomic E-state index is 0.189. The maximum absolute atomic E-state index is 12.4. The molecule has 0 radical (unpaired) electrons. The van der Waals surface area contributed by atoms with Crippen molar-refractivity contribution in [1.82, 2.24) is 20.3 Å². The Hall–Kier alpha value is -3.28. The van der Waals surface area contributed by atoms with E-state index in [-0.39, 0.29) is 5.91 Å². The van der Waals surface area contributed by atoms with E-state index in [1.807, 2.05) is 43.4 Å². The summed E-state index contributed by atoms with van der Waals surface area (Å²) in [6.07, 6.45) is 9.58. The van der Waals surface area contributed by atoms with Crippen molar-refractivity contribution in [2.24, 2.45) is 0 Å². The normalized spacial score (nSPS) is 10.3. The molecule has 0 spiro atoms. The molecule has 0 saturated carbocycles. The lowest BCUT2D eigenvalue weighted by atomic mass is 10.2. The predicted octanol–water partition coefficient (Wildman–Crippen LogP) is 2.48. The van der Waals surface area contributed by atoms with E-state index in [0.717, 1.165) is 24.2 Å². The molecule has 0 aliphatic rings. The Bertz CT molecular complexity index is 839. The van der Waals surface area contributed by atoms with Crippen LogP contribution in [-0.4, -0.2) is 34.5 Å². The molecule has 6 nitrogen and oxygen atoms in total. The van der Waals surface area contributed by atoms with Crippen LogP contribution >= 0.6 is 0 Å². The lowest BCUT2D eigenvalue weighted by Crippen LogP contribution is -2.25. The predicted molar refractivity (Wildman–Crippen MR) is 101 cm³/mol. The smallest absolute Gasteiger partial charge is 0.270 e. The van der Waals surface area contributed by atoms with E-state index < -0.39 is 0 Å². The molecule has 3 aromatic rings. The fraction of sp³-hybridized carbons (Fsp3) is 0.200. The highest BCUT2D eigenvalue weighted by Gasteiger charge is 2.10. The van der Waals surface area contributed by atoms with Crippen molar-refractivity contribution >= 4 is 11.6 Å². The SMILES string of the molecule is CN(CCc1ccncc1)c1ccnc(C(=O)NCc2ccncc2)c1. The molecule has 0 aliphatic carbocycles. The van der Waals surface area contributed by atoms with Gasteiger partial charge in [-0.2, -0.15) is 0 Å². The molecule has 1 N–H and O–H groups in total. The maximum atomic E-state index is 12.4. The number of nitrogens with one attached hydrogen (secondary N) is 1. The molecule has 3 rings (SSSR count). The summed E-state index contributed by atoms with van der Waals surface area (Å²) in [7, 11) is 2.01. The Morgan fingerprint density at radius 2 is 1.62 bits per heavy atom. The Morgan fingerprint density at radius 3 is 2.31 bits per heavy atom. The maximum Gasteiger partial charge on any atom is 0.270 e. The molecule has 0 fully saturated rings. The third kappa shape index (κ3) is 4.86. The largest absolute Gasteiger partial charge is 0.374 e. The zero-order valence-corrected chi connectivity index (χ0v) is 14.7. The Balaban J connectivity index is 1.59. The van der Waals surface area contributed by atoms with E-state index in [9.17, 15) is 4.79 Å². The highest BCUT2D eigenvalue weighted by atomic mass is 16.1. The molecule has 3 heterocycles. The van der Waals surface area contributed by atoms with Gasteiger partial charge in [0, 0.05) is 56.8 Å². The van der Waals surface area contributed by atoms with Gasteiger partial charge in [0.25, 0.3) is 5.91 Å². The summed E-state index contributed by atoms with van der Waals surface area (Å²) in [6, 6.07) is 11.5. The second kappa shape index (κ2) is 8.71. The number of anilines is 1. The van der Waals surface area contributed by atoms with Crippen LogP contribution in [0.2, 0.25) is 0 Å². The van der Waals surface area contributed by atoms with Crippen LogP contribution in [0.1, 0.15) is 21.6 Å². The van der Waals surface area contributed by atoms with Gasteiger partial charge in [-0.1, -0.05) is 0 Å². The first-order valence-corrected chi connectivity index (χ1v) is 8.45. The van der Waals surface area contributed by atoms with Crippen molar-refractivity contribution in [3.05, 3.63) is 84.2 Å². The molecule has 1 amide bonds. The van der Waals surface area contributed by atoms with Gasteiger partial charge in [0.1, 0.15) is 5.69 Å². The van der Waals surface area contributed by atoms with Gasteiger partial charge in [-0.25, -0.2) is 0 Å². The molecule has 26 heavy (non-hydrogen) atoms. The second-order valence-corrected chi connectivity index (χ2v) is 5.96. The van der Waals surface area contributed by atoms with Crippen molar-refractivity contribution in [3.63, 3.8) is 0 Å². The van der Waals surface area contributed by atoms with E-state index in [2.05, 4.69) is 25.2 Å². The van der Waals surface area contributed by atoms with Crippen LogP contribution in [0.15, 0.2) is 67.4 Å². The van der Waals surface area contributed by atoms with E-state index >= 15 is 0 Å². The number of hydrogen-bond donors (Lipinski definition) is 1. The topological polar surface area (TPSA) is 71.0 Å². The summed E-state index contributed by atoms with van der Waals surface area (Å²) < 4.78 is 0. The summed E-state index contributed by atoms with van der Waals surface area (Å²) in [4.78, 5) is 26.7. The first-order valence-electron chi connectivity index (χ1n) is 8.45. The van der Waals surface area contributed by atoms with Gasteiger partial charge in [0.15, 0.2) is 0 Å². The summed E-state index contributed by atoms with van der Waals surface area (Å²) in [5, 5.41) is 2.88. The van der Waals surface area contributed by atoms with E-state index in [4.69, 9.17) is 0 Å². The molecule has 6 heteroatoms. The lowest BCUT2D eigenvalue weighted by molar-refractivity contribution is 0.0946. The number of likely N-dealkylation sites (N-methyl/N-ethyl adjacent to an activating group) is 1. The van der Waals surface area contributed by atoms with Crippen molar-refractivity contribution in [3.8, 4) is 0 Å².